The van der Waals surface area contributed by atoms with Crippen LogP contribution in [-0.2, 0) is 0 Å². The van der Waals surface area contributed by atoms with Crippen molar-refractivity contribution in [2.75, 3.05) is 18.8 Å². The highest BCUT2D eigenvalue weighted by Gasteiger charge is 2.14. The van der Waals surface area contributed by atoms with Crippen LogP contribution in [0.1, 0.15) is 25.7 Å². The standard InChI is InChI=1S/C9H14N2S2/c10-5-1-4-8-13-9(12)11-6-2-3-7-11/h1-4,6-8H2. The molecule has 0 unspecified atom stereocenters. The van der Waals surface area contributed by atoms with Gasteiger partial charge in [-0.15, -0.1) is 0 Å². The molecular formula is C9H14N2S2. The summed E-state index contributed by atoms with van der Waals surface area (Å²) in [6, 6.07) is 2.14. The average Bonchev–Trinajstić information content (AvgIpc) is 2.65. The zero-order chi connectivity index (χ0) is 9.52. The second kappa shape index (κ2) is 6.22. The molecule has 1 aliphatic rings. The van der Waals surface area contributed by atoms with E-state index in [1.165, 1.54) is 12.8 Å². The Bertz CT molecular complexity index is 204. The summed E-state index contributed by atoms with van der Waals surface area (Å²) in [6.07, 6.45) is 4.16. The Morgan fingerprint density at radius 2 is 2.15 bits per heavy atom. The molecule has 1 aliphatic heterocycles. The fourth-order valence-electron chi connectivity index (χ4n) is 1.30. The van der Waals surface area contributed by atoms with E-state index < -0.39 is 0 Å². The van der Waals surface area contributed by atoms with Crippen molar-refractivity contribution in [2.24, 2.45) is 0 Å². The van der Waals surface area contributed by atoms with Gasteiger partial charge in [0.05, 0.1) is 6.07 Å². The largest absolute Gasteiger partial charge is 0.358 e. The Morgan fingerprint density at radius 3 is 2.77 bits per heavy atom. The summed E-state index contributed by atoms with van der Waals surface area (Å²) in [5.41, 5.74) is 0. The normalized spacial score (nSPS) is 15.8. The van der Waals surface area contributed by atoms with Crippen molar-refractivity contribution < 1.29 is 0 Å². The molecule has 0 saturated carbocycles. The van der Waals surface area contributed by atoms with E-state index in [0.717, 1.165) is 29.6 Å². The molecule has 2 nitrogen and oxygen atoms in total. The van der Waals surface area contributed by atoms with Crippen LogP contribution in [-0.4, -0.2) is 28.1 Å². The lowest BCUT2D eigenvalue weighted by Gasteiger charge is -2.16. The number of nitrogens with zero attached hydrogens (tertiary/aromatic N) is 2. The molecular weight excluding hydrogens is 200 g/mol. The maximum absolute atomic E-state index is 8.34. The molecule has 0 aromatic carbocycles. The van der Waals surface area contributed by atoms with Crippen molar-refractivity contribution in [1.29, 1.82) is 5.26 Å². The van der Waals surface area contributed by atoms with E-state index in [4.69, 9.17) is 17.5 Å². The summed E-state index contributed by atoms with van der Waals surface area (Å²) in [4.78, 5) is 2.27. The molecule has 0 N–H and O–H groups in total. The van der Waals surface area contributed by atoms with Crippen LogP contribution in [0.2, 0.25) is 0 Å². The maximum atomic E-state index is 8.34. The zero-order valence-corrected chi connectivity index (χ0v) is 9.29. The van der Waals surface area contributed by atoms with Gasteiger partial charge >= 0.3 is 0 Å². The van der Waals surface area contributed by atoms with Crippen molar-refractivity contribution >= 4 is 28.3 Å². The molecule has 0 radical (unpaired) electrons. The third-order valence-corrected chi connectivity index (χ3v) is 3.63. The first-order chi connectivity index (χ1) is 6.34. The van der Waals surface area contributed by atoms with Gasteiger partial charge in [-0.3, -0.25) is 0 Å². The Hall–Kier alpha value is -0.270. The first-order valence-corrected chi connectivity index (χ1v) is 6.02. The van der Waals surface area contributed by atoms with E-state index in [1.54, 1.807) is 11.8 Å². The molecule has 1 rings (SSSR count). The SMILES string of the molecule is N#CCCCSC(=S)N1CCCC1. The van der Waals surface area contributed by atoms with Gasteiger partial charge in [-0.1, -0.05) is 24.0 Å². The van der Waals surface area contributed by atoms with Crippen molar-refractivity contribution in [1.82, 2.24) is 4.90 Å². The van der Waals surface area contributed by atoms with Crippen LogP contribution in [0.5, 0.6) is 0 Å². The minimum absolute atomic E-state index is 0.648. The van der Waals surface area contributed by atoms with E-state index in [0.29, 0.717) is 6.42 Å². The lowest BCUT2D eigenvalue weighted by Crippen LogP contribution is -2.23. The minimum Gasteiger partial charge on any atom is -0.358 e. The molecule has 1 saturated heterocycles. The second-order valence-electron chi connectivity index (χ2n) is 3.07. The molecule has 0 bridgehead atoms. The number of unbranched alkanes of at least 4 members (excludes halogenated alkanes) is 1. The first kappa shape index (κ1) is 10.8. The lowest BCUT2D eigenvalue weighted by atomic mass is 10.4. The molecule has 0 aromatic rings. The van der Waals surface area contributed by atoms with Gasteiger partial charge in [-0.25, -0.2) is 0 Å². The molecule has 0 atom stereocenters. The van der Waals surface area contributed by atoms with Crippen LogP contribution < -0.4 is 0 Å². The summed E-state index contributed by atoms with van der Waals surface area (Å²) in [6.45, 7) is 2.26. The van der Waals surface area contributed by atoms with Gasteiger partial charge in [0.2, 0.25) is 0 Å². The van der Waals surface area contributed by atoms with E-state index in [1.807, 2.05) is 0 Å². The quantitative estimate of drug-likeness (QED) is 0.532. The summed E-state index contributed by atoms with van der Waals surface area (Å²) >= 11 is 6.99. The van der Waals surface area contributed by atoms with Gasteiger partial charge in [-0.2, -0.15) is 5.26 Å². The molecule has 0 spiro atoms. The van der Waals surface area contributed by atoms with Crippen molar-refractivity contribution in [3.05, 3.63) is 0 Å². The van der Waals surface area contributed by atoms with E-state index in [2.05, 4.69) is 11.0 Å². The molecule has 0 aromatic heterocycles. The summed E-state index contributed by atoms with van der Waals surface area (Å²) in [5.74, 6) is 0.989. The van der Waals surface area contributed by atoms with Gasteiger partial charge < -0.3 is 4.90 Å². The molecule has 72 valence electrons. The monoisotopic (exact) mass is 214 g/mol. The molecule has 1 fully saturated rings. The van der Waals surface area contributed by atoms with E-state index >= 15 is 0 Å². The number of nitriles is 1. The number of thiocarbonyl (C=S) groups is 1. The van der Waals surface area contributed by atoms with Crippen LogP contribution in [0.3, 0.4) is 0 Å². The highest BCUT2D eigenvalue weighted by Crippen LogP contribution is 2.16. The van der Waals surface area contributed by atoms with Crippen molar-refractivity contribution in [2.45, 2.75) is 25.7 Å². The van der Waals surface area contributed by atoms with Crippen LogP contribution >= 0.6 is 24.0 Å². The number of hydrogen-bond donors (Lipinski definition) is 0. The van der Waals surface area contributed by atoms with E-state index in [-0.39, 0.29) is 0 Å². The van der Waals surface area contributed by atoms with Gasteiger partial charge in [-0.05, 0) is 19.3 Å². The van der Waals surface area contributed by atoms with Crippen LogP contribution in [0.15, 0.2) is 0 Å². The number of thioether (sulfide) groups is 1. The Morgan fingerprint density at radius 1 is 1.46 bits per heavy atom. The summed E-state index contributed by atoms with van der Waals surface area (Å²) < 4.78 is 1.02. The van der Waals surface area contributed by atoms with Crippen LogP contribution in [0, 0.1) is 11.3 Å². The molecule has 4 heteroatoms. The minimum atomic E-state index is 0.648. The predicted molar refractivity (Wildman–Crippen MR) is 60.7 cm³/mol. The van der Waals surface area contributed by atoms with Gasteiger partial charge in [0.15, 0.2) is 0 Å². The third kappa shape index (κ3) is 3.97. The Kier molecular flexibility index (Phi) is 5.18. The fraction of sp³-hybridized carbons (Fsp3) is 0.778. The topological polar surface area (TPSA) is 27.0 Å². The smallest absolute Gasteiger partial charge is 0.136 e. The predicted octanol–water partition coefficient (Wildman–Crippen LogP) is 2.40. The maximum Gasteiger partial charge on any atom is 0.136 e. The summed E-state index contributed by atoms with van der Waals surface area (Å²) in [5, 5.41) is 8.34. The number of hydrogen-bond acceptors (Lipinski definition) is 3. The van der Waals surface area contributed by atoms with Gasteiger partial charge in [0.25, 0.3) is 0 Å². The van der Waals surface area contributed by atoms with Crippen LogP contribution in [0.25, 0.3) is 0 Å². The molecule has 0 amide bonds. The Labute approximate surface area is 89.3 Å². The average molecular weight is 214 g/mol. The molecule has 13 heavy (non-hydrogen) atoms. The first-order valence-electron chi connectivity index (χ1n) is 4.63. The number of likely N-dealkylation sites (tertiary alicyclic amines) is 1. The third-order valence-electron chi connectivity index (χ3n) is 2.02. The fourth-order valence-corrected chi connectivity index (χ4v) is 2.56. The van der Waals surface area contributed by atoms with Gasteiger partial charge in [0, 0.05) is 25.3 Å². The van der Waals surface area contributed by atoms with Crippen molar-refractivity contribution in [3.8, 4) is 6.07 Å². The molecule has 0 aliphatic carbocycles. The van der Waals surface area contributed by atoms with Crippen LogP contribution in [0.4, 0.5) is 0 Å². The highest BCUT2D eigenvalue weighted by atomic mass is 32.2. The second-order valence-corrected chi connectivity index (χ2v) is 4.80. The lowest BCUT2D eigenvalue weighted by molar-refractivity contribution is 0.539. The Balaban J connectivity index is 2.07. The molecule has 1 heterocycles. The highest BCUT2D eigenvalue weighted by molar-refractivity contribution is 8.22. The zero-order valence-electron chi connectivity index (χ0n) is 7.66. The van der Waals surface area contributed by atoms with Crippen molar-refractivity contribution in [3.63, 3.8) is 0 Å². The number of rotatable bonds is 3. The van der Waals surface area contributed by atoms with Gasteiger partial charge in [0.1, 0.15) is 4.32 Å². The van der Waals surface area contributed by atoms with E-state index in [9.17, 15) is 0 Å². The summed E-state index contributed by atoms with van der Waals surface area (Å²) in [7, 11) is 0.